The lowest BCUT2D eigenvalue weighted by molar-refractivity contribution is 0.0972. The molecule has 1 heterocycles. The average molecular weight is 253 g/mol. The molecule has 0 amide bonds. The Labute approximate surface area is 112 Å². The number of pyridine rings is 1. The molecule has 3 rings (SSSR count). The van der Waals surface area contributed by atoms with Crippen LogP contribution >= 0.6 is 0 Å². The molecule has 19 heavy (non-hydrogen) atoms. The van der Waals surface area contributed by atoms with Gasteiger partial charge in [0.1, 0.15) is 5.75 Å². The maximum atomic E-state index is 11.8. The number of hydrogen-bond donors (Lipinski definition) is 0. The van der Waals surface area contributed by atoms with Crippen LogP contribution in [0.2, 0.25) is 0 Å². The van der Waals surface area contributed by atoms with E-state index < -0.39 is 0 Å². The Morgan fingerprint density at radius 3 is 2.95 bits per heavy atom. The summed E-state index contributed by atoms with van der Waals surface area (Å²) in [7, 11) is 0. The van der Waals surface area contributed by atoms with Crippen molar-refractivity contribution >= 4 is 5.78 Å². The van der Waals surface area contributed by atoms with Crippen LogP contribution in [0.25, 0.3) is 0 Å². The van der Waals surface area contributed by atoms with Gasteiger partial charge in [-0.15, -0.1) is 0 Å². The van der Waals surface area contributed by atoms with Crippen LogP contribution < -0.4 is 4.74 Å². The van der Waals surface area contributed by atoms with Gasteiger partial charge in [0, 0.05) is 23.7 Å². The van der Waals surface area contributed by atoms with Gasteiger partial charge in [-0.1, -0.05) is 6.07 Å². The number of aromatic nitrogens is 1. The van der Waals surface area contributed by atoms with E-state index in [1.165, 1.54) is 0 Å². The molecule has 0 saturated heterocycles. The van der Waals surface area contributed by atoms with E-state index in [0.29, 0.717) is 12.3 Å². The first-order valence-electron chi connectivity index (χ1n) is 6.49. The Kier molecular flexibility index (Phi) is 3.03. The zero-order valence-electron chi connectivity index (χ0n) is 10.8. The van der Waals surface area contributed by atoms with Crippen molar-refractivity contribution in [2.75, 3.05) is 0 Å². The van der Waals surface area contributed by atoms with Crippen LogP contribution in [-0.4, -0.2) is 10.8 Å². The average Bonchev–Trinajstić information content (AvgIpc) is 2.42. The molecular formula is C16H15NO2. The standard InChI is InChI=1S/C16H15NO2/c1-11-4-3-9-17-16(11)19-13-7-8-14-12(10-13)5-2-6-15(14)18/h3-4,7-10H,2,5-6H2,1H3. The third-order valence-corrected chi connectivity index (χ3v) is 3.40. The molecule has 1 aromatic carbocycles. The van der Waals surface area contributed by atoms with E-state index >= 15 is 0 Å². The lowest BCUT2D eigenvalue weighted by atomic mass is 9.90. The molecule has 1 aliphatic rings. The van der Waals surface area contributed by atoms with Gasteiger partial charge in [-0.3, -0.25) is 4.79 Å². The molecule has 0 unspecified atom stereocenters. The van der Waals surface area contributed by atoms with Crippen LogP contribution in [0.3, 0.4) is 0 Å². The molecule has 1 aliphatic carbocycles. The fraction of sp³-hybridized carbons (Fsp3) is 0.250. The molecule has 0 bridgehead atoms. The Balaban J connectivity index is 1.91. The number of benzene rings is 1. The predicted octanol–water partition coefficient (Wildman–Crippen LogP) is 3.70. The molecule has 0 radical (unpaired) electrons. The number of fused-ring (bicyclic) bond motifs is 1. The second-order valence-electron chi connectivity index (χ2n) is 4.82. The highest BCUT2D eigenvalue weighted by Crippen LogP contribution is 2.28. The summed E-state index contributed by atoms with van der Waals surface area (Å²) in [5.74, 6) is 1.60. The topological polar surface area (TPSA) is 39.2 Å². The van der Waals surface area contributed by atoms with Gasteiger partial charge in [-0.25, -0.2) is 4.98 Å². The minimum absolute atomic E-state index is 0.238. The Morgan fingerprint density at radius 1 is 1.21 bits per heavy atom. The fourth-order valence-corrected chi connectivity index (χ4v) is 2.38. The molecule has 0 atom stereocenters. The fourth-order valence-electron chi connectivity index (χ4n) is 2.38. The van der Waals surface area contributed by atoms with Crippen molar-refractivity contribution in [1.82, 2.24) is 4.98 Å². The normalized spacial score (nSPS) is 14.1. The lowest BCUT2D eigenvalue weighted by Crippen LogP contribution is -2.10. The molecule has 0 spiro atoms. The molecular weight excluding hydrogens is 238 g/mol. The van der Waals surface area contributed by atoms with Gasteiger partial charge < -0.3 is 4.74 Å². The maximum absolute atomic E-state index is 11.8. The SMILES string of the molecule is Cc1cccnc1Oc1ccc2c(c1)CCCC2=O. The zero-order valence-corrected chi connectivity index (χ0v) is 10.8. The smallest absolute Gasteiger partial charge is 0.222 e. The van der Waals surface area contributed by atoms with Gasteiger partial charge >= 0.3 is 0 Å². The van der Waals surface area contributed by atoms with E-state index in [-0.39, 0.29) is 5.78 Å². The number of hydrogen-bond acceptors (Lipinski definition) is 3. The largest absolute Gasteiger partial charge is 0.439 e. The zero-order chi connectivity index (χ0) is 13.2. The predicted molar refractivity (Wildman–Crippen MR) is 72.8 cm³/mol. The van der Waals surface area contributed by atoms with Crippen molar-refractivity contribution in [3.63, 3.8) is 0 Å². The summed E-state index contributed by atoms with van der Waals surface area (Å²) in [5, 5.41) is 0. The highest BCUT2D eigenvalue weighted by molar-refractivity contribution is 5.98. The van der Waals surface area contributed by atoms with Crippen LogP contribution in [0.5, 0.6) is 11.6 Å². The number of rotatable bonds is 2. The van der Waals surface area contributed by atoms with E-state index in [9.17, 15) is 4.79 Å². The van der Waals surface area contributed by atoms with E-state index in [1.807, 2.05) is 37.3 Å². The molecule has 1 aromatic heterocycles. The molecule has 96 valence electrons. The van der Waals surface area contributed by atoms with E-state index in [1.54, 1.807) is 6.20 Å². The molecule has 0 aliphatic heterocycles. The minimum atomic E-state index is 0.238. The van der Waals surface area contributed by atoms with Crippen LogP contribution in [0, 0.1) is 6.92 Å². The summed E-state index contributed by atoms with van der Waals surface area (Å²) in [6.45, 7) is 1.96. The number of Topliss-reactive ketones (excluding diaryl/α,β-unsaturated/α-hetero) is 1. The molecule has 3 nitrogen and oxygen atoms in total. The van der Waals surface area contributed by atoms with E-state index in [4.69, 9.17) is 4.74 Å². The van der Waals surface area contributed by atoms with E-state index in [0.717, 1.165) is 35.3 Å². The van der Waals surface area contributed by atoms with Crippen molar-refractivity contribution in [2.24, 2.45) is 0 Å². The van der Waals surface area contributed by atoms with E-state index in [2.05, 4.69) is 4.98 Å². The van der Waals surface area contributed by atoms with Crippen molar-refractivity contribution in [3.8, 4) is 11.6 Å². The Hall–Kier alpha value is -2.16. The summed E-state index contributed by atoms with van der Waals surface area (Å²) in [6.07, 6.45) is 4.24. The monoisotopic (exact) mass is 253 g/mol. The van der Waals surface area contributed by atoms with Gasteiger partial charge in [0.2, 0.25) is 5.88 Å². The first-order chi connectivity index (χ1) is 9.24. The van der Waals surface area contributed by atoms with Crippen LogP contribution in [0.1, 0.15) is 34.3 Å². The summed E-state index contributed by atoms with van der Waals surface area (Å²) < 4.78 is 5.79. The van der Waals surface area contributed by atoms with Crippen LogP contribution in [0.15, 0.2) is 36.5 Å². The van der Waals surface area contributed by atoms with Crippen molar-refractivity contribution in [3.05, 3.63) is 53.2 Å². The summed E-state index contributed by atoms with van der Waals surface area (Å²) >= 11 is 0. The Bertz CT molecular complexity index is 634. The maximum Gasteiger partial charge on any atom is 0.222 e. The number of ether oxygens (including phenoxy) is 1. The highest BCUT2D eigenvalue weighted by atomic mass is 16.5. The summed E-state index contributed by atoms with van der Waals surface area (Å²) in [4.78, 5) is 16.0. The number of carbonyl (C=O) groups excluding carboxylic acids is 1. The van der Waals surface area contributed by atoms with Crippen LogP contribution in [-0.2, 0) is 6.42 Å². The highest BCUT2D eigenvalue weighted by Gasteiger charge is 2.17. The van der Waals surface area contributed by atoms with Gasteiger partial charge in [-0.2, -0.15) is 0 Å². The third-order valence-electron chi connectivity index (χ3n) is 3.40. The number of nitrogens with zero attached hydrogens (tertiary/aromatic N) is 1. The van der Waals surface area contributed by atoms with Crippen molar-refractivity contribution in [2.45, 2.75) is 26.2 Å². The molecule has 0 saturated carbocycles. The first kappa shape index (κ1) is 11.9. The molecule has 2 aromatic rings. The number of ketones is 1. The van der Waals surface area contributed by atoms with Gasteiger partial charge in [0.05, 0.1) is 0 Å². The number of carbonyl (C=O) groups is 1. The first-order valence-corrected chi connectivity index (χ1v) is 6.49. The number of aryl methyl sites for hydroxylation is 2. The summed E-state index contributed by atoms with van der Waals surface area (Å²) in [6, 6.07) is 9.51. The van der Waals surface area contributed by atoms with Crippen LogP contribution in [0.4, 0.5) is 0 Å². The third kappa shape index (κ3) is 2.36. The molecule has 0 fully saturated rings. The van der Waals surface area contributed by atoms with Gasteiger partial charge in [-0.05, 0) is 49.6 Å². The second kappa shape index (κ2) is 4.84. The summed E-state index contributed by atoms with van der Waals surface area (Å²) in [5.41, 5.74) is 2.93. The quantitative estimate of drug-likeness (QED) is 0.819. The van der Waals surface area contributed by atoms with Crippen molar-refractivity contribution in [1.29, 1.82) is 0 Å². The Morgan fingerprint density at radius 2 is 2.11 bits per heavy atom. The van der Waals surface area contributed by atoms with Gasteiger partial charge in [0.15, 0.2) is 5.78 Å². The second-order valence-corrected chi connectivity index (χ2v) is 4.82. The lowest BCUT2D eigenvalue weighted by Gasteiger charge is -2.16. The molecule has 0 N–H and O–H groups in total. The van der Waals surface area contributed by atoms with Gasteiger partial charge in [0.25, 0.3) is 0 Å². The minimum Gasteiger partial charge on any atom is -0.439 e. The molecule has 3 heteroatoms. The van der Waals surface area contributed by atoms with Crippen molar-refractivity contribution < 1.29 is 9.53 Å².